The molecule has 0 radical (unpaired) electrons. The number of hydrogen-bond donors (Lipinski definition) is 0. The molecule has 0 aliphatic rings. The second kappa shape index (κ2) is 5.09. The lowest BCUT2D eigenvalue weighted by molar-refractivity contribution is 0.458. The second-order valence-electron chi connectivity index (χ2n) is 4.30. The maximum Gasteiger partial charge on any atom is 0.336 e. The summed E-state index contributed by atoms with van der Waals surface area (Å²) >= 11 is 3.37. The average Bonchev–Trinajstić information content (AvgIpc) is 2.41. The van der Waals surface area contributed by atoms with Gasteiger partial charge in [-0.25, -0.2) is 9.78 Å². The number of aromatic nitrogens is 1. The zero-order valence-corrected chi connectivity index (χ0v) is 12.2. The smallest absolute Gasteiger partial charge is 0.336 e. The van der Waals surface area contributed by atoms with Crippen molar-refractivity contribution >= 4 is 26.9 Å². The van der Waals surface area contributed by atoms with Crippen molar-refractivity contribution in [3.05, 3.63) is 63.1 Å². The summed E-state index contributed by atoms with van der Waals surface area (Å²) in [6.07, 6.45) is 1.64. The summed E-state index contributed by atoms with van der Waals surface area (Å²) in [4.78, 5) is 15.5. The summed E-state index contributed by atoms with van der Waals surface area (Å²) in [6.45, 7) is 1.87. The summed E-state index contributed by atoms with van der Waals surface area (Å²) in [6, 6.07) is 10.5. The van der Waals surface area contributed by atoms with E-state index in [4.69, 9.17) is 9.15 Å². The Hall–Kier alpha value is -2.14. The van der Waals surface area contributed by atoms with E-state index in [1.807, 2.05) is 25.1 Å². The van der Waals surface area contributed by atoms with Crippen molar-refractivity contribution < 1.29 is 9.15 Å². The van der Waals surface area contributed by atoms with Gasteiger partial charge in [-0.3, -0.25) is 0 Å². The van der Waals surface area contributed by atoms with Crippen LogP contribution >= 0.6 is 15.9 Å². The van der Waals surface area contributed by atoms with Gasteiger partial charge in [-0.15, -0.1) is 0 Å². The van der Waals surface area contributed by atoms with Crippen LogP contribution in [0.4, 0.5) is 0 Å². The summed E-state index contributed by atoms with van der Waals surface area (Å²) in [5.74, 6) is 1.02. The summed E-state index contributed by atoms with van der Waals surface area (Å²) in [7, 11) is 0. The molecule has 0 saturated heterocycles. The summed E-state index contributed by atoms with van der Waals surface area (Å²) < 4.78 is 11.6. The van der Waals surface area contributed by atoms with Crippen molar-refractivity contribution in [3.8, 4) is 11.6 Å². The molecule has 3 rings (SSSR count). The molecular weight excluding hydrogens is 322 g/mol. The Morgan fingerprint density at radius 3 is 2.90 bits per heavy atom. The molecule has 4 nitrogen and oxygen atoms in total. The van der Waals surface area contributed by atoms with Crippen LogP contribution in [0.15, 0.2) is 56.3 Å². The zero-order valence-electron chi connectivity index (χ0n) is 10.6. The first-order chi connectivity index (χ1) is 9.63. The second-order valence-corrected chi connectivity index (χ2v) is 5.15. The Morgan fingerprint density at radius 2 is 2.10 bits per heavy atom. The molecule has 0 fully saturated rings. The van der Waals surface area contributed by atoms with Crippen LogP contribution in [-0.4, -0.2) is 4.98 Å². The SMILES string of the molecule is Cc1cc(=O)oc2cc(Oc3ncccc3Br)ccc12. The van der Waals surface area contributed by atoms with Gasteiger partial charge in [0.05, 0.1) is 4.47 Å². The van der Waals surface area contributed by atoms with Crippen molar-refractivity contribution in [2.75, 3.05) is 0 Å². The van der Waals surface area contributed by atoms with E-state index in [1.165, 1.54) is 6.07 Å². The maximum atomic E-state index is 11.4. The van der Waals surface area contributed by atoms with Crippen molar-refractivity contribution in [1.82, 2.24) is 4.98 Å². The first-order valence-corrected chi connectivity index (χ1v) is 6.76. The lowest BCUT2D eigenvalue weighted by atomic mass is 10.1. The normalized spacial score (nSPS) is 10.7. The van der Waals surface area contributed by atoms with Gasteiger partial charge >= 0.3 is 5.63 Å². The fourth-order valence-electron chi connectivity index (χ4n) is 1.93. The lowest BCUT2D eigenvalue weighted by Crippen LogP contribution is -1.98. The van der Waals surface area contributed by atoms with E-state index in [1.54, 1.807) is 18.3 Å². The Bertz CT molecular complexity index is 842. The molecular formula is C15H10BrNO3. The standard InChI is InChI=1S/C15H10BrNO3/c1-9-7-14(18)20-13-8-10(4-5-11(9)13)19-15-12(16)3-2-6-17-15/h2-8H,1H3. The number of halogens is 1. The lowest BCUT2D eigenvalue weighted by Gasteiger charge is -2.07. The minimum absolute atomic E-state index is 0.369. The Kier molecular flexibility index (Phi) is 3.28. The van der Waals surface area contributed by atoms with Gasteiger partial charge in [-0.2, -0.15) is 0 Å². The third kappa shape index (κ3) is 2.44. The molecule has 5 heteroatoms. The molecule has 0 amide bonds. The fraction of sp³-hybridized carbons (Fsp3) is 0.0667. The average molecular weight is 332 g/mol. The van der Waals surface area contributed by atoms with Crippen LogP contribution in [0.2, 0.25) is 0 Å². The van der Waals surface area contributed by atoms with Gasteiger partial charge in [0.15, 0.2) is 0 Å². The van der Waals surface area contributed by atoms with E-state index in [9.17, 15) is 4.79 Å². The van der Waals surface area contributed by atoms with Gasteiger partial charge in [0, 0.05) is 23.7 Å². The van der Waals surface area contributed by atoms with Crippen LogP contribution in [-0.2, 0) is 0 Å². The Morgan fingerprint density at radius 1 is 1.25 bits per heavy atom. The summed E-state index contributed by atoms with van der Waals surface area (Å²) in [5.41, 5.74) is 1.01. The molecule has 0 aliphatic heterocycles. The maximum absolute atomic E-state index is 11.4. The number of hydrogen-bond acceptors (Lipinski definition) is 4. The molecule has 0 aliphatic carbocycles. The van der Waals surface area contributed by atoms with Gasteiger partial charge in [0.1, 0.15) is 11.3 Å². The van der Waals surface area contributed by atoms with Crippen molar-refractivity contribution in [3.63, 3.8) is 0 Å². The van der Waals surface area contributed by atoms with Gasteiger partial charge in [-0.1, -0.05) is 0 Å². The third-order valence-corrected chi connectivity index (χ3v) is 3.47. The quantitative estimate of drug-likeness (QED) is 0.664. The topological polar surface area (TPSA) is 52.3 Å². The molecule has 20 heavy (non-hydrogen) atoms. The minimum Gasteiger partial charge on any atom is -0.438 e. The van der Waals surface area contributed by atoms with E-state index in [0.717, 1.165) is 15.4 Å². The number of aryl methyl sites for hydroxylation is 1. The van der Waals surface area contributed by atoms with Gasteiger partial charge in [0.2, 0.25) is 5.88 Å². The largest absolute Gasteiger partial charge is 0.438 e. The first-order valence-electron chi connectivity index (χ1n) is 5.96. The number of benzene rings is 1. The van der Waals surface area contributed by atoms with Gasteiger partial charge in [-0.05, 0) is 52.7 Å². The molecule has 1 aromatic carbocycles. The number of ether oxygens (including phenoxy) is 1. The van der Waals surface area contributed by atoms with Crippen molar-refractivity contribution in [2.24, 2.45) is 0 Å². The highest BCUT2D eigenvalue weighted by Gasteiger charge is 2.07. The molecule has 0 N–H and O–H groups in total. The summed E-state index contributed by atoms with van der Waals surface area (Å²) in [5, 5.41) is 0.886. The monoisotopic (exact) mass is 331 g/mol. The highest BCUT2D eigenvalue weighted by Crippen LogP contribution is 2.29. The number of fused-ring (bicyclic) bond motifs is 1. The van der Waals surface area contributed by atoms with E-state index >= 15 is 0 Å². The van der Waals surface area contributed by atoms with Crippen LogP contribution in [0.1, 0.15) is 5.56 Å². The molecule has 2 aromatic heterocycles. The van der Waals surface area contributed by atoms with Crippen LogP contribution < -0.4 is 10.4 Å². The van der Waals surface area contributed by atoms with Gasteiger partial charge < -0.3 is 9.15 Å². The Labute approximate surface area is 123 Å². The highest BCUT2D eigenvalue weighted by atomic mass is 79.9. The minimum atomic E-state index is -0.369. The molecule has 0 atom stereocenters. The van der Waals surface area contributed by atoms with E-state index < -0.39 is 0 Å². The van der Waals surface area contributed by atoms with Gasteiger partial charge in [0.25, 0.3) is 0 Å². The van der Waals surface area contributed by atoms with E-state index in [0.29, 0.717) is 17.2 Å². The molecule has 0 spiro atoms. The number of pyridine rings is 1. The molecule has 3 aromatic rings. The first kappa shape index (κ1) is 12.9. The Balaban J connectivity index is 2.05. The highest BCUT2D eigenvalue weighted by molar-refractivity contribution is 9.10. The van der Waals surface area contributed by atoms with E-state index in [2.05, 4.69) is 20.9 Å². The zero-order chi connectivity index (χ0) is 14.1. The predicted molar refractivity (Wildman–Crippen MR) is 79.2 cm³/mol. The third-order valence-electron chi connectivity index (χ3n) is 2.86. The van der Waals surface area contributed by atoms with Crippen LogP contribution in [0, 0.1) is 6.92 Å². The molecule has 0 unspecified atom stereocenters. The van der Waals surface area contributed by atoms with Crippen LogP contribution in [0.25, 0.3) is 11.0 Å². The van der Waals surface area contributed by atoms with Crippen molar-refractivity contribution in [2.45, 2.75) is 6.92 Å². The predicted octanol–water partition coefficient (Wildman–Crippen LogP) is 4.05. The molecule has 0 saturated carbocycles. The van der Waals surface area contributed by atoms with Crippen molar-refractivity contribution in [1.29, 1.82) is 0 Å². The fourth-order valence-corrected chi connectivity index (χ4v) is 2.26. The van der Waals surface area contributed by atoms with E-state index in [-0.39, 0.29) is 5.63 Å². The molecule has 100 valence electrons. The molecule has 2 heterocycles. The molecule has 0 bridgehead atoms. The van der Waals surface area contributed by atoms with Crippen LogP contribution in [0.5, 0.6) is 11.6 Å². The number of nitrogens with zero attached hydrogens (tertiary/aromatic N) is 1. The number of rotatable bonds is 2. The van der Waals surface area contributed by atoms with Crippen LogP contribution in [0.3, 0.4) is 0 Å².